The molecule has 3 rings (SSSR count). The van der Waals surface area contributed by atoms with Crippen LogP contribution in [0.25, 0.3) is 22.1 Å². The van der Waals surface area contributed by atoms with Gasteiger partial charge in [0.15, 0.2) is 0 Å². The van der Waals surface area contributed by atoms with Gasteiger partial charge in [-0.15, -0.1) is 11.3 Å². The van der Waals surface area contributed by atoms with Crippen molar-refractivity contribution in [1.29, 1.82) is 0 Å². The molecule has 0 aromatic carbocycles. The minimum atomic E-state index is -0.0147. The minimum Gasteiger partial charge on any atom is -0.352 e. The van der Waals surface area contributed by atoms with Crippen LogP contribution in [0.15, 0.2) is 30.0 Å². The summed E-state index contributed by atoms with van der Waals surface area (Å²) in [6, 6.07) is 1.97. The molecule has 3 aromatic heterocycles. The summed E-state index contributed by atoms with van der Waals surface area (Å²) < 4.78 is 2.20. The van der Waals surface area contributed by atoms with Crippen LogP contribution in [0.1, 0.15) is 49.7 Å². The number of carbonyl (C=O) groups excluding carboxylic acids is 1. The number of thiazole rings is 1. The first-order valence-electron chi connectivity index (χ1n) is 9.71. The Morgan fingerprint density at radius 2 is 2.11 bits per heavy atom. The lowest BCUT2D eigenvalue weighted by Gasteiger charge is -2.13. The van der Waals surface area contributed by atoms with Gasteiger partial charge in [0, 0.05) is 36.6 Å². The molecule has 3 aromatic rings. The molecule has 3 heterocycles. The van der Waals surface area contributed by atoms with E-state index in [0.717, 1.165) is 52.7 Å². The van der Waals surface area contributed by atoms with Gasteiger partial charge >= 0.3 is 0 Å². The van der Waals surface area contributed by atoms with E-state index < -0.39 is 0 Å². The molecule has 1 N–H and O–H groups in total. The largest absolute Gasteiger partial charge is 0.352 e. The number of unbranched alkanes of at least 4 members (excludes halogenated alkanes) is 1. The number of nitrogens with zero attached hydrogens (tertiary/aromatic N) is 4. The van der Waals surface area contributed by atoms with Crippen LogP contribution in [0.2, 0.25) is 0 Å². The van der Waals surface area contributed by atoms with Crippen molar-refractivity contribution in [3.63, 3.8) is 0 Å². The lowest BCUT2D eigenvalue weighted by Crippen LogP contribution is -2.24. The fourth-order valence-electron chi connectivity index (χ4n) is 3.08. The molecule has 0 saturated carbocycles. The highest BCUT2D eigenvalue weighted by atomic mass is 32.1. The van der Waals surface area contributed by atoms with Gasteiger partial charge in [0.25, 0.3) is 5.91 Å². The monoisotopic (exact) mass is 397 g/mol. The van der Waals surface area contributed by atoms with Crippen LogP contribution in [0, 0.1) is 12.8 Å². The average molecular weight is 398 g/mol. The van der Waals surface area contributed by atoms with Crippen LogP contribution in [-0.2, 0) is 6.54 Å². The average Bonchev–Trinajstić information content (AvgIpc) is 3.28. The third-order valence-corrected chi connectivity index (χ3v) is 5.39. The van der Waals surface area contributed by atoms with Crippen molar-refractivity contribution in [3.8, 4) is 22.1 Å². The number of amides is 1. The SMILES string of the molecule is CCCCNC(=O)c1cc(-c2csc(-c3cnccn3)n2)n(CC(C)C)c1C. The van der Waals surface area contributed by atoms with E-state index in [2.05, 4.69) is 40.6 Å². The van der Waals surface area contributed by atoms with Gasteiger partial charge in [0.2, 0.25) is 0 Å². The summed E-state index contributed by atoms with van der Waals surface area (Å²) >= 11 is 1.54. The highest BCUT2D eigenvalue weighted by Crippen LogP contribution is 2.31. The van der Waals surface area contributed by atoms with E-state index in [1.165, 1.54) is 11.3 Å². The number of rotatable bonds is 8. The molecular formula is C21H27N5OS. The van der Waals surface area contributed by atoms with E-state index in [4.69, 9.17) is 4.98 Å². The minimum absolute atomic E-state index is 0.0147. The molecule has 0 radical (unpaired) electrons. The van der Waals surface area contributed by atoms with Gasteiger partial charge in [0.1, 0.15) is 10.7 Å². The molecule has 0 spiro atoms. The summed E-state index contributed by atoms with van der Waals surface area (Å²) in [6.45, 7) is 10.0. The van der Waals surface area contributed by atoms with Crippen LogP contribution < -0.4 is 5.32 Å². The van der Waals surface area contributed by atoms with Gasteiger partial charge in [-0.2, -0.15) is 0 Å². The second-order valence-corrected chi connectivity index (χ2v) is 8.13. The van der Waals surface area contributed by atoms with Gasteiger partial charge in [-0.05, 0) is 25.3 Å². The Morgan fingerprint density at radius 1 is 1.29 bits per heavy atom. The normalized spacial score (nSPS) is 11.2. The van der Waals surface area contributed by atoms with E-state index >= 15 is 0 Å². The van der Waals surface area contributed by atoms with Gasteiger partial charge in [-0.3, -0.25) is 14.8 Å². The van der Waals surface area contributed by atoms with Crippen molar-refractivity contribution in [2.75, 3.05) is 6.54 Å². The van der Waals surface area contributed by atoms with E-state index in [1.54, 1.807) is 18.6 Å². The van der Waals surface area contributed by atoms with E-state index in [1.807, 2.05) is 18.4 Å². The maximum absolute atomic E-state index is 12.7. The molecule has 0 fully saturated rings. The molecule has 148 valence electrons. The molecule has 0 bridgehead atoms. The second kappa shape index (κ2) is 9.10. The van der Waals surface area contributed by atoms with Crippen LogP contribution >= 0.6 is 11.3 Å². The molecular weight excluding hydrogens is 370 g/mol. The van der Waals surface area contributed by atoms with Crippen molar-refractivity contribution in [1.82, 2.24) is 24.8 Å². The summed E-state index contributed by atoms with van der Waals surface area (Å²) in [5, 5.41) is 5.88. The first-order valence-corrected chi connectivity index (χ1v) is 10.6. The Balaban J connectivity index is 1.96. The fourth-order valence-corrected chi connectivity index (χ4v) is 3.85. The Labute approximate surface area is 170 Å². The highest BCUT2D eigenvalue weighted by molar-refractivity contribution is 7.13. The van der Waals surface area contributed by atoms with Gasteiger partial charge in [0.05, 0.1) is 23.1 Å². The summed E-state index contributed by atoms with van der Waals surface area (Å²) in [6.07, 6.45) is 7.08. The second-order valence-electron chi connectivity index (χ2n) is 7.27. The van der Waals surface area contributed by atoms with E-state index in [9.17, 15) is 4.79 Å². The van der Waals surface area contributed by atoms with Crippen LogP contribution in [-0.4, -0.2) is 32.0 Å². The van der Waals surface area contributed by atoms with Crippen LogP contribution in [0.5, 0.6) is 0 Å². The number of aromatic nitrogens is 4. The summed E-state index contributed by atoms with van der Waals surface area (Å²) in [7, 11) is 0. The van der Waals surface area contributed by atoms with Gasteiger partial charge in [-0.25, -0.2) is 4.98 Å². The van der Waals surface area contributed by atoms with Crippen molar-refractivity contribution in [2.24, 2.45) is 5.92 Å². The summed E-state index contributed by atoms with van der Waals surface area (Å²) in [4.78, 5) is 25.9. The fraction of sp³-hybridized carbons (Fsp3) is 0.429. The maximum atomic E-state index is 12.7. The third kappa shape index (κ3) is 4.47. The first kappa shape index (κ1) is 20.2. The Hall–Kier alpha value is -2.54. The zero-order valence-corrected chi connectivity index (χ0v) is 17.7. The quantitative estimate of drug-likeness (QED) is 0.566. The van der Waals surface area contributed by atoms with E-state index in [0.29, 0.717) is 12.5 Å². The van der Waals surface area contributed by atoms with Gasteiger partial charge < -0.3 is 9.88 Å². The topological polar surface area (TPSA) is 72.7 Å². The third-order valence-electron chi connectivity index (χ3n) is 4.52. The molecule has 1 amide bonds. The molecule has 28 heavy (non-hydrogen) atoms. The zero-order chi connectivity index (χ0) is 20.1. The molecule has 0 atom stereocenters. The molecule has 0 aliphatic heterocycles. The molecule has 0 aliphatic rings. The summed E-state index contributed by atoms with van der Waals surface area (Å²) in [5.74, 6) is 0.443. The van der Waals surface area contributed by atoms with Crippen LogP contribution in [0.4, 0.5) is 0 Å². The number of hydrogen-bond acceptors (Lipinski definition) is 5. The molecule has 0 aliphatic carbocycles. The zero-order valence-electron chi connectivity index (χ0n) is 16.9. The smallest absolute Gasteiger partial charge is 0.253 e. The summed E-state index contributed by atoms with van der Waals surface area (Å²) in [5.41, 5.74) is 4.29. The number of carbonyl (C=O) groups is 1. The maximum Gasteiger partial charge on any atom is 0.253 e. The Kier molecular flexibility index (Phi) is 6.57. The Morgan fingerprint density at radius 3 is 2.79 bits per heavy atom. The number of nitrogens with one attached hydrogen (secondary N) is 1. The van der Waals surface area contributed by atoms with Crippen molar-refractivity contribution < 1.29 is 4.79 Å². The molecule has 0 saturated heterocycles. The van der Waals surface area contributed by atoms with Crippen molar-refractivity contribution in [2.45, 2.75) is 47.1 Å². The van der Waals surface area contributed by atoms with Crippen molar-refractivity contribution in [3.05, 3.63) is 41.3 Å². The first-order chi connectivity index (χ1) is 13.5. The molecule has 0 unspecified atom stereocenters. The van der Waals surface area contributed by atoms with Crippen LogP contribution in [0.3, 0.4) is 0 Å². The van der Waals surface area contributed by atoms with Crippen molar-refractivity contribution >= 4 is 17.2 Å². The standard InChI is InChI=1S/C21H27N5OS/c1-5-6-7-24-20(27)16-10-19(26(15(16)4)12-14(2)3)18-13-28-21(25-18)17-11-22-8-9-23-17/h8-11,13-14H,5-7,12H2,1-4H3,(H,24,27). The number of hydrogen-bond donors (Lipinski definition) is 1. The lowest BCUT2D eigenvalue weighted by molar-refractivity contribution is 0.0952. The molecule has 7 heteroatoms. The highest BCUT2D eigenvalue weighted by Gasteiger charge is 2.20. The predicted molar refractivity (Wildman–Crippen MR) is 113 cm³/mol. The van der Waals surface area contributed by atoms with Gasteiger partial charge in [-0.1, -0.05) is 27.2 Å². The lowest BCUT2D eigenvalue weighted by atomic mass is 10.2. The molecule has 6 nitrogen and oxygen atoms in total. The predicted octanol–water partition coefficient (Wildman–Crippen LogP) is 4.56. The Bertz CT molecular complexity index is 930. The van der Waals surface area contributed by atoms with E-state index in [-0.39, 0.29) is 5.91 Å².